The van der Waals surface area contributed by atoms with E-state index in [0.29, 0.717) is 16.5 Å². The lowest BCUT2D eigenvalue weighted by molar-refractivity contribution is 0.102. The van der Waals surface area contributed by atoms with Crippen LogP contribution in [0.3, 0.4) is 0 Å². The average Bonchev–Trinajstić information content (AvgIpc) is 2.83. The number of anilines is 2. The molecule has 1 saturated heterocycles. The highest BCUT2D eigenvalue weighted by molar-refractivity contribution is 7.18. The second-order valence-electron chi connectivity index (χ2n) is 4.06. The molecule has 2 heterocycles. The first-order valence-corrected chi connectivity index (χ1v) is 6.20. The van der Waals surface area contributed by atoms with Crippen molar-refractivity contribution in [1.82, 2.24) is 0 Å². The molecule has 16 heavy (non-hydrogen) atoms. The lowest BCUT2D eigenvalue weighted by Crippen LogP contribution is -2.13. The standard InChI is InChI=1S/C11H16N2O2S/c1-7(14)11-9(12)4-10(16-11)13-5-8-2-3-15-6-8/h4,8,13H,2-3,5-6,12H2,1H3. The molecule has 2 rings (SSSR count). The minimum absolute atomic E-state index is 0.0275. The van der Waals surface area contributed by atoms with Crippen LogP contribution in [0.1, 0.15) is 23.0 Å². The molecule has 5 heteroatoms. The molecule has 1 atom stereocenters. The smallest absolute Gasteiger partial charge is 0.171 e. The zero-order chi connectivity index (χ0) is 11.5. The maximum absolute atomic E-state index is 11.2. The quantitative estimate of drug-likeness (QED) is 0.790. The topological polar surface area (TPSA) is 64.3 Å². The first-order chi connectivity index (χ1) is 7.66. The van der Waals surface area contributed by atoms with E-state index in [1.807, 2.05) is 6.07 Å². The Morgan fingerprint density at radius 2 is 2.56 bits per heavy atom. The summed E-state index contributed by atoms with van der Waals surface area (Å²) < 4.78 is 5.30. The summed E-state index contributed by atoms with van der Waals surface area (Å²) in [6.45, 7) is 4.11. The van der Waals surface area contributed by atoms with Gasteiger partial charge >= 0.3 is 0 Å². The Morgan fingerprint density at radius 1 is 1.75 bits per heavy atom. The predicted molar refractivity (Wildman–Crippen MR) is 66.2 cm³/mol. The summed E-state index contributed by atoms with van der Waals surface area (Å²) in [4.78, 5) is 11.9. The summed E-state index contributed by atoms with van der Waals surface area (Å²) >= 11 is 1.42. The van der Waals surface area contributed by atoms with E-state index in [1.165, 1.54) is 18.3 Å². The SMILES string of the molecule is CC(=O)c1sc(NCC2CCOC2)cc1N. The highest BCUT2D eigenvalue weighted by Crippen LogP contribution is 2.29. The van der Waals surface area contributed by atoms with Gasteiger partial charge in [0.1, 0.15) is 0 Å². The number of rotatable bonds is 4. The van der Waals surface area contributed by atoms with E-state index in [1.54, 1.807) is 0 Å². The molecule has 0 amide bonds. The van der Waals surface area contributed by atoms with Gasteiger partial charge in [0.2, 0.25) is 0 Å². The average molecular weight is 240 g/mol. The number of thiophene rings is 1. The van der Waals surface area contributed by atoms with Gasteiger partial charge in [-0.2, -0.15) is 0 Å². The number of Topliss-reactive ketones (excluding diaryl/α,β-unsaturated/α-hetero) is 1. The molecule has 3 N–H and O–H groups in total. The van der Waals surface area contributed by atoms with Gasteiger partial charge < -0.3 is 15.8 Å². The number of carbonyl (C=O) groups is 1. The van der Waals surface area contributed by atoms with Crippen LogP contribution in [0.2, 0.25) is 0 Å². The third kappa shape index (κ3) is 2.54. The van der Waals surface area contributed by atoms with Crippen molar-refractivity contribution in [1.29, 1.82) is 0 Å². The monoisotopic (exact) mass is 240 g/mol. The van der Waals surface area contributed by atoms with Gasteiger partial charge in [-0.15, -0.1) is 11.3 Å². The molecule has 0 aliphatic carbocycles. The van der Waals surface area contributed by atoms with Gasteiger partial charge in [0.05, 0.1) is 22.2 Å². The van der Waals surface area contributed by atoms with Crippen LogP contribution in [0, 0.1) is 5.92 Å². The van der Waals surface area contributed by atoms with Gasteiger partial charge in [-0.25, -0.2) is 0 Å². The molecular formula is C11H16N2O2S. The van der Waals surface area contributed by atoms with Crippen molar-refractivity contribution in [2.75, 3.05) is 30.8 Å². The predicted octanol–water partition coefficient (Wildman–Crippen LogP) is 1.98. The largest absolute Gasteiger partial charge is 0.397 e. The van der Waals surface area contributed by atoms with Crippen LogP contribution >= 0.6 is 11.3 Å². The molecule has 1 aliphatic heterocycles. The van der Waals surface area contributed by atoms with Crippen LogP contribution in [0.15, 0.2) is 6.07 Å². The van der Waals surface area contributed by atoms with Gasteiger partial charge in [0, 0.05) is 26.0 Å². The summed E-state index contributed by atoms with van der Waals surface area (Å²) in [7, 11) is 0. The minimum Gasteiger partial charge on any atom is -0.397 e. The fourth-order valence-corrected chi connectivity index (χ4v) is 2.64. The van der Waals surface area contributed by atoms with Gasteiger partial charge in [-0.05, 0) is 12.5 Å². The van der Waals surface area contributed by atoms with Gasteiger partial charge in [0.15, 0.2) is 5.78 Å². The van der Waals surface area contributed by atoms with Crippen molar-refractivity contribution in [3.05, 3.63) is 10.9 Å². The number of nitrogens with two attached hydrogens (primary N) is 1. The van der Waals surface area contributed by atoms with Crippen LogP contribution in [0.5, 0.6) is 0 Å². The fraction of sp³-hybridized carbons (Fsp3) is 0.545. The van der Waals surface area contributed by atoms with Crippen LogP contribution < -0.4 is 11.1 Å². The summed E-state index contributed by atoms with van der Waals surface area (Å²) in [5, 5.41) is 4.28. The summed E-state index contributed by atoms with van der Waals surface area (Å²) in [5.41, 5.74) is 6.32. The van der Waals surface area contributed by atoms with Crippen molar-refractivity contribution in [2.45, 2.75) is 13.3 Å². The van der Waals surface area contributed by atoms with Crippen molar-refractivity contribution in [3.63, 3.8) is 0 Å². The summed E-state index contributed by atoms with van der Waals surface area (Å²) in [6, 6.07) is 1.83. The van der Waals surface area contributed by atoms with Crippen LogP contribution in [0.4, 0.5) is 10.7 Å². The van der Waals surface area contributed by atoms with E-state index < -0.39 is 0 Å². The molecule has 0 aromatic carbocycles. The minimum atomic E-state index is 0.0275. The first kappa shape index (κ1) is 11.4. The molecule has 4 nitrogen and oxygen atoms in total. The molecule has 0 saturated carbocycles. The highest BCUT2D eigenvalue weighted by Gasteiger charge is 2.16. The third-order valence-electron chi connectivity index (χ3n) is 2.67. The third-order valence-corrected chi connectivity index (χ3v) is 3.88. The Kier molecular flexibility index (Phi) is 3.46. The maximum atomic E-state index is 11.2. The highest BCUT2D eigenvalue weighted by atomic mass is 32.1. The molecule has 1 unspecified atom stereocenters. The lowest BCUT2D eigenvalue weighted by atomic mass is 10.1. The van der Waals surface area contributed by atoms with E-state index in [2.05, 4.69) is 5.32 Å². The zero-order valence-electron chi connectivity index (χ0n) is 9.29. The number of hydrogen-bond donors (Lipinski definition) is 2. The van der Waals surface area contributed by atoms with Crippen LogP contribution in [-0.2, 0) is 4.74 Å². The maximum Gasteiger partial charge on any atom is 0.171 e. The Labute approximate surface area is 98.8 Å². The number of nitrogens with one attached hydrogen (secondary N) is 1. The number of ketones is 1. The molecule has 0 spiro atoms. The van der Waals surface area contributed by atoms with E-state index in [9.17, 15) is 4.79 Å². The molecule has 1 aromatic heterocycles. The van der Waals surface area contributed by atoms with E-state index in [4.69, 9.17) is 10.5 Å². The number of hydrogen-bond acceptors (Lipinski definition) is 5. The number of nitrogen functional groups attached to an aromatic ring is 1. The Morgan fingerprint density at radius 3 is 3.12 bits per heavy atom. The summed E-state index contributed by atoms with van der Waals surface area (Å²) in [6.07, 6.45) is 1.10. The molecular weight excluding hydrogens is 224 g/mol. The Hall–Kier alpha value is -1.07. The fourth-order valence-electron chi connectivity index (χ4n) is 1.76. The Bertz CT molecular complexity index is 383. The molecule has 88 valence electrons. The zero-order valence-corrected chi connectivity index (χ0v) is 10.1. The van der Waals surface area contributed by atoms with E-state index in [0.717, 1.165) is 31.2 Å². The second kappa shape index (κ2) is 4.84. The number of carbonyl (C=O) groups excluding carboxylic acids is 1. The molecule has 1 fully saturated rings. The van der Waals surface area contributed by atoms with Crippen LogP contribution in [0.25, 0.3) is 0 Å². The van der Waals surface area contributed by atoms with Gasteiger partial charge in [0.25, 0.3) is 0 Å². The molecule has 1 aromatic rings. The van der Waals surface area contributed by atoms with Crippen molar-refractivity contribution in [3.8, 4) is 0 Å². The second-order valence-corrected chi connectivity index (χ2v) is 5.11. The Balaban J connectivity index is 1.94. The molecule has 1 aliphatic rings. The van der Waals surface area contributed by atoms with Crippen LogP contribution in [-0.4, -0.2) is 25.5 Å². The van der Waals surface area contributed by atoms with Gasteiger partial charge in [-0.1, -0.05) is 0 Å². The van der Waals surface area contributed by atoms with Crippen molar-refractivity contribution < 1.29 is 9.53 Å². The number of ether oxygens (including phenoxy) is 1. The van der Waals surface area contributed by atoms with Crippen molar-refractivity contribution in [2.24, 2.45) is 5.92 Å². The normalized spacial score (nSPS) is 19.9. The van der Waals surface area contributed by atoms with Gasteiger partial charge in [-0.3, -0.25) is 4.79 Å². The van der Waals surface area contributed by atoms with E-state index >= 15 is 0 Å². The summed E-state index contributed by atoms with van der Waals surface area (Å²) in [5.74, 6) is 0.601. The van der Waals surface area contributed by atoms with E-state index in [-0.39, 0.29) is 5.78 Å². The molecule has 0 bridgehead atoms. The molecule has 0 radical (unpaired) electrons. The lowest BCUT2D eigenvalue weighted by Gasteiger charge is -2.07. The first-order valence-electron chi connectivity index (χ1n) is 5.38. The van der Waals surface area contributed by atoms with Crippen molar-refractivity contribution >= 4 is 27.8 Å².